The molecule has 1 aliphatic carbocycles. The molecule has 1 aliphatic rings. The molecule has 1 heterocycles. The molecule has 0 aliphatic heterocycles. The van der Waals surface area contributed by atoms with Crippen LogP contribution in [0.1, 0.15) is 43.3 Å². The number of fused-ring (bicyclic) bond motifs is 1. The van der Waals surface area contributed by atoms with E-state index in [1.165, 1.54) is 5.56 Å². The van der Waals surface area contributed by atoms with Crippen molar-refractivity contribution in [1.29, 1.82) is 0 Å². The van der Waals surface area contributed by atoms with Crippen LogP contribution in [-0.4, -0.2) is 19.9 Å². The van der Waals surface area contributed by atoms with E-state index in [0.717, 1.165) is 37.2 Å². The van der Waals surface area contributed by atoms with Crippen LogP contribution in [0.3, 0.4) is 0 Å². The first-order chi connectivity index (χ1) is 10.1. The quantitative estimate of drug-likeness (QED) is 0.939. The van der Waals surface area contributed by atoms with E-state index in [0.29, 0.717) is 5.92 Å². The van der Waals surface area contributed by atoms with Gasteiger partial charge in [-0.25, -0.2) is 9.67 Å². The molecule has 21 heavy (non-hydrogen) atoms. The highest BCUT2D eigenvalue weighted by Crippen LogP contribution is 2.35. The highest BCUT2D eigenvalue weighted by atomic mass is 16.3. The van der Waals surface area contributed by atoms with E-state index in [2.05, 4.69) is 30.0 Å². The second-order valence-electron chi connectivity index (χ2n) is 6.40. The molecule has 0 saturated heterocycles. The minimum absolute atomic E-state index is 0.231. The molecule has 1 N–H and O–H groups in total. The first kappa shape index (κ1) is 14.3. The van der Waals surface area contributed by atoms with Crippen LogP contribution in [0.2, 0.25) is 0 Å². The van der Waals surface area contributed by atoms with Crippen LogP contribution in [0.25, 0.3) is 0 Å². The van der Waals surface area contributed by atoms with Crippen LogP contribution in [-0.2, 0) is 19.4 Å². The largest absolute Gasteiger partial charge is 0.388 e. The number of aliphatic hydroxyl groups is 1. The lowest BCUT2D eigenvalue weighted by molar-refractivity contribution is 0.0917. The predicted molar refractivity (Wildman–Crippen MR) is 81.8 cm³/mol. The van der Waals surface area contributed by atoms with Crippen molar-refractivity contribution in [3.63, 3.8) is 0 Å². The van der Waals surface area contributed by atoms with Crippen LogP contribution in [0, 0.1) is 11.8 Å². The van der Waals surface area contributed by atoms with Gasteiger partial charge in [0, 0.05) is 13.0 Å². The molecule has 4 heteroatoms. The topological polar surface area (TPSA) is 50.9 Å². The lowest BCUT2D eigenvalue weighted by Crippen LogP contribution is -2.24. The minimum Gasteiger partial charge on any atom is -0.388 e. The zero-order chi connectivity index (χ0) is 14.8. The van der Waals surface area contributed by atoms with Gasteiger partial charge in [0.15, 0.2) is 0 Å². The van der Waals surface area contributed by atoms with E-state index in [1.807, 2.05) is 22.9 Å². The molecule has 1 aromatic heterocycles. The summed E-state index contributed by atoms with van der Waals surface area (Å²) in [6.07, 6.45) is 4.07. The molecule has 0 radical (unpaired) electrons. The van der Waals surface area contributed by atoms with Crippen LogP contribution in [0.5, 0.6) is 0 Å². The number of aliphatic hydroxyl groups excluding tert-OH is 1. The minimum atomic E-state index is -0.390. The average Bonchev–Trinajstić information content (AvgIpc) is 2.89. The predicted octanol–water partition coefficient (Wildman–Crippen LogP) is 2.77. The summed E-state index contributed by atoms with van der Waals surface area (Å²) in [5, 5.41) is 15.0. The summed E-state index contributed by atoms with van der Waals surface area (Å²) in [5.74, 6) is 1.77. The van der Waals surface area contributed by atoms with Crippen LogP contribution < -0.4 is 0 Å². The first-order valence-corrected chi connectivity index (χ1v) is 7.77. The van der Waals surface area contributed by atoms with E-state index >= 15 is 0 Å². The summed E-state index contributed by atoms with van der Waals surface area (Å²) in [7, 11) is 0. The standard InChI is InChI=1S/C17H23N3O/c1-12(2)10-20-16(18-11-19-20)9-14-8-7-13-5-3-4-6-15(13)17(14)21/h3-6,11-12,14,17,21H,7-10H2,1-2H3. The molecule has 0 amide bonds. The number of nitrogens with zero attached hydrogens (tertiary/aromatic N) is 3. The second-order valence-corrected chi connectivity index (χ2v) is 6.40. The molecule has 112 valence electrons. The number of hydrogen-bond acceptors (Lipinski definition) is 3. The van der Waals surface area contributed by atoms with E-state index < -0.39 is 0 Å². The van der Waals surface area contributed by atoms with Gasteiger partial charge in [0.1, 0.15) is 12.2 Å². The van der Waals surface area contributed by atoms with Gasteiger partial charge >= 0.3 is 0 Å². The fourth-order valence-electron chi connectivity index (χ4n) is 3.20. The third-order valence-corrected chi connectivity index (χ3v) is 4.28. The molecule has 1 aromatic carbocycles. The van der Waals surface area contributed by atoms with Crippen LogP contribution in [0.15, 0.2) is 30.6 Å². The number of benzene rings is 1. The van der Waals surface area contributed by atoms with Gasteiger partial charge in [-0.05, 0) is 35.8 Å². The van der Waals surface area contributed by atoms with Gasteiger partial charge in [-0.2, -0.15) is 5.10 Å². The SMILES string of the molecule is CC(C)Cn1ncnc1CC1CCc2ccccc2C1O. The van der Waals surface area contributed by atoms with Gasteiger partial charge in [0.05, 0.1) is 6.10 Å². The molecular formula is C17H23N3O. The Hall–Kier alpha value is -1.68. The molecule has 4 nitrogen and oxygen atoms in total. The normalized spacial score (nSPS) is 21.5. The Morgan fingerprint density at radius 3 is 2.95 bits per heavy atom. The third-order valence-electron chi connectivity index (χ3n) is 4.28. The van der Waals surface area contributed by atoms with Gasteiger partial charge in [0.2, 0.25) is 0 Å². The highest BCUT2D eigenvalue weighted by molar-refractivity contribution is 5.32. The average molecular weight is 285 g/mol. The van der Waals surface area contributed by atoms with Crippen molar-refractivity contribution in [2.45, 2.75) is 45.8 Å². The van der Waals surface area contributed by atoms with Crippen molar-refractivity contribution in [3.05, 3.63) is 47.5 Å². The molecule has 2 atom stereocenters. The van der Waals surface area contributed by atoms with Gasteiger partial charge in [-0.15, -0.1) is 0 Å². The third kappa shape index (κ3) is 3.00. The zero-order valence-corrected chi connectivity index (χ0v) is 12.7. The van der Waals surface area contributed by atoms with Crippen molar-refractivity contribution in [2.75, 3.05) is 0 Å². The molecule has 2 aromatic rings. The summed E-state index contributed by atoms with van der Waals surface area (Å²) in [6, 6.07) is 8.22. The lowest BCUT2D eigenvalue weighted by atomic mass is 9.80. The maximum atomic E-state index is 10.6. The Morgan fingerprint density at radius 1 is 1.33 bits per heavy atom. The van der Waals surface area contributed by atoms with E-state index in [9.17, 15) is 5.11 Å². The van der Waals surface area contributed by atoms with E-state index in [1.54, 1.807) is 6.33 Å². The van der Waals surface area contributed by atoms with E-state index in [-0.39, 0.29) is 12.0 Å². The second kappa shape index (κ2) is 5.98. The number of rotatable bonds is 4. The molecule has 0 spiro atoms. The van der Waals surface area contributed by atoms with Crippen molar-refractivity contribution >= 4 is 0 Å². The van der Waals surface area contributed by atoms with E-state index in [4.69, 9.17) is 0 Å². The first-order valence-electron chi connectivity index (χ1n) is 7.77. The molecule has 0 fully saturated rings. The fraction of sp³-hybridized carbons (Fsp3) is 0.529. The molecule has 0 bridgehead atoms. The van der Waals surface area contributed by atoms with Crippen molar-refractivity contribution < 1.29 is 5.11 Å². The Kier molecular flexibility index (Phi) is 4.06. The van der Waals surface area contributed by atoms with Crippen LogP contribution >= 0.6 is 0 Å². The van der Waals surface area contributed by atoms with Gasteiger partial charge in [-0.1, -0.05) is 38.1 Å². The van der Waals surface area contributed by atoms with Gasteiger partial charge in [0.25, 0.3) is 0 Å². The van der Waals surface area contributed by atoms with Crippen molar-refractivity contribution in [1.82, 2.24) is 14.8 Å². The number of hydrogen-bond donors (Lipinski definition) is 1. The summed E-state index contributed by atoms with van der Waals surface area (Å²) in [5.41, 5.74) is 2.37. The Balaban J connectivity index is 1.76. The Bertz CT molecular complexity index is 606. The molecular weight excluding hydrogens is 262 g/mol. The Labute approximate surface area is 125 Å². The lowest BCUT2D eigenvalue weighted by Gasteiger charge is -2.30. The van der Waals surface area contributed by atoms with Gasteiger partial charge < -0.3 is 5.11 Å². The highest BCUT2D eigenvalue weighted by Gasteiger charge is 2.29. The zero-order valence-electron chi connectivity index (χ0n) is 12.7. The summed E-state index contributed by atoms with van der Waals surface area (Å²) < 4.78 is 1.98. The van der Waals surface area contributed by atoms with Crippen LogP contribution in [0.4, 0.5) is 0 Å². The maximum Gasteiger partial charge on any atom is 0.138 e. The summed E-state index contributed by atoms with van der Waals surface area (Å²) in [6.45, 7) is 5.24. The van der Waals surface area contributed by atoms with Gasteiger partial charge in [-0.3, -0.25) is 0 Å². The number of aromatic nitrogens is 3. The summed E-state index contributed by atoms with van der Waals surface area (Å²) in [4.78, 5) is 4.39. The maximum absolute atomic E-state index is 10.6. The summed E-state index contributed by atoms with van der Waals surface area (Å²) >= 11 is 0. The molecule has 3 rings (SSSR count). The molecule has 2 unspecified atom stereocenters. The Morgan fingerprint density at radius 2 is 2.14 bits per heavy atom. The van der Waals surface area contributed by atoms with Crippen molar-refractivity contribution in [2.24, 2.45) is 11.8 Å². The number of aryl methyl sites for hydroxylation is 1. The van der Waals surface area contributed by atoms with Crippen molar-refractivity contribution in [3.8, 4) is 0 Å². The smallest absolute Gasteiger partial charge is 0.138 e. The monoisotopic (exact) mass is 285 g/mol. The fourth-order valence-corrected chi connectivity index (χ4v) is 3.20. The molecule has 0 saturated carbocycles.